The monoisotopic (exact) mass is 337 g/mol. The number of amides is 1. The van der Waals surface area contributed by atoms with Gasteiger partial charge in [-0.25, -0.2) is 14.6 Å². The first-order valence-electron chi connectivity index (χ1n) is 8.29. The quantitative estimate of drug-likeness (QED) is 0.786. The predicted octanol–water partition coefficient (Wildman–Crippen LogP) is 2.02. The first-order valence-corrected chi connectivity index (χ1v) is 8.29. The second-order valence-corrected chi connectivity index (χ2v) is 6.41. The smallest absolute Gasteiger partial charge is 0.222 e. The van der Waals surface area contributed by atoms with Crippen LogP contribution in [0.4, 0.5) is 11.6 Å². The molecule has 0 spiro atoms. The summed E-state index contributed by atoms with van der Waals surface area (Å²) in [6.07, 6.45) is 7.84. The van der Waals surface area contributed by atoms with E-state index >= 15 is 0 Å². The van der Waals surface area contributed by atoms with E-state index in [2.05, 4.69) is 32.1 Å². The molecule has 1 saturated heterocycles. The molecule has 4 rings (SSSR count). The molecule has 1 aliphatic heterocycles. The van der Waals surface area contributed by atoms with Gasteiger partial charge < -0.3 is 10.2 Å². The lowest BCUT2D eigenvalue weighted by molar-refractivity contribution is -0.114. The zero-order chi connectivity index (χ0) is 17.4. The number of nitrogens with one attached hydrogen (secondary N) is 1. The molecule has 8 nitrogen and oxygen atoms in total. The van der Waals surface area contributed by atoms with Crippen molar-refractivity contribution in [2.24, 2.45) is 5.92 Å². The highest BCUT2D eigenvalue weighted by atomic mass is 16.1. The summed E-state index contributed by atoms with van der Waals surface area (Å²) in [7, 11) is 0. The highest BCUT2D eigenvalue weighted by molar-refractivity contribution is 5.95. The Morgan fingerprint density at radius 1 is 1.28 bits per heavy atom. The zero-order valence-electron chi connectivity index (χ0n) is 14.2. The molecule has 0 aliphatic carbocycles. The molecule has 0 bridgehead atoms. The zero-order valence-corrected chi connectivity index (χ0v) is 14.2. The topological polar surface area (TPSA) is 88.8 Å². The van der Waals surface area contributed by atoms with Gasteiger partial charge in [0.1, 0.15) is 5.82 Å². The molecule has 1 fully saturated rings. The summed E-state index contributed by atoms with van der Waals surface area (Å²) in [6.45, 7) is 5.65. The summed E-state index contributed by atoms with van der Waals surface area (Å²) in [5, 5.41) is 8.44. The molecular formula is C17H19N7O. The summed E-state index contributed by atoms with van der Waals surface area (Å²) in [5.41, 5.74) is 0.841. The van der Waals surface area contributed by atoms with Crippen molar-refractivity contribution < 1.29 is 4.79 Å². The number of hydrogen-bond donors (Lipinski definition) is 1. The summed E-state index contributed by atoms with van der Waals surface area (Å²) >= 11 is 0. The minimum absolute atomic E-state index is 0.161. The van der Waals surface area contributed by atoms with Crippen molar-refractivity contribution in [3.05, 3.63) is 30.9 Å². The van der Waals surface area contributed by atoms with Crippen LogP contribution in [0.1, 0.15) is 20.3 Å². The summed E-state index contributed by atoms with van der Waals surface area (Å²) < 4.78 is 1.76. The molecule has 25 heavy (non-hydrogen) atoms. The average molecular weight is 337 g/mol. The maximum atomic E-state index is 11.4. The van der Waals surface area contributed by atoms with Crippen LogP contribution in [-0.4, -0.2) is 43.7 Å². The van der Waals surface area contributed by atoms with Crippen molar-refractivity contribution in [2.45, 2.75) is 20.3 Å². The van der Waals surface area contributed by atoms with Crippen LogP contribution in [0, 0.1) is 5.92 Å². The Bertz CT molecular complexity index is 921. The maximum Gasteiger partial charge on any atom is 0.222 e. The molecule has 1 N–H and O–H groups in total. The van der Waals surface area contributed by atoms with E-state index < -0.39 is 0 Å². The first-order chi connectivity index (χ1) is 12.1. The Morgan fingerprint density at radius 2 is 2.16 bits per heavy atom. The SMILES string of the molecule is CC(=O)Nc1cc2c(cn1)c(N1CCC(C)C1)nn2-c1cnccn1. The molecule has 3 aromatic heterocycles. The van der Waals surface area contributed by atoms with Crippen molar-refractivity contribution in [1.29, 1.82) is 0 Å². The van der Waals surface area contributed by atoms with Crippen molar-refractivity contribution in [2.75, 3.05) is 23.3 Å². The van der Waals surface area contributed by atoms with Gasteiger partial charge in [0.05, 0.1) is 17.1 Å². The van der Waals surface area contributed by atoms with E-state index in [4.69, 9.17) is 5.10 Å². The number of hydrogen-bond acceptors (Lipinski definition) is 6. The van der Waals surface area contributed by atoms with Gasteiger partial charge in [0.15, 0.2) is 11.6 Å². The number of carbonyl (C=O) groups is 1. The second-order valence-electron chi connectivity index (χ2n) is 6.41. The minimum Gasteiger partial charge on any atom is -0.354 e. The normalized spacial score (nSPS) is 17.2. The number of pyridine rings is 1. The molecule has 128 valence electrons. The van der Waals surface area contributed by atoms with Crippen molar-refractivity contribution in [3.63, 3.8) is 0 Å². The maximum absolute atomic E-state index is 11.4. The molecule has 0 radical (unpaired) electrons. The number of fused-ring (bicyclic) bond motifs is 1. The van der Waals surface area contributed by atoms with Crippen molar-refractivity contribution >= 4 is 28.4 Å². The number of anilines is 2. The Balaban J connectivity index is 1.87. The number of rotatable bonds is 3. The molecule has 1 aliphatic rings. The van der Waals surface area contributed by atoms with Gasteiger partial charge in [-0.05, 0) is 12.3 Å². The highest BCUT2D eigenvalue weighted by Crippen LogP contribution is 2.32. The van der Waals surface area contributed by atoms with Gasteiger partial charge in [-0.15, -0.1) is 5.10 Å². The predicted molar refractivity (Wildman–Crippen MR) is 94.8 cm³/mol. The molecule has 0 saturated carbocycles. The summed E-state index contributed by atoms with van der Waals surface area (Å²) in [4.78, 5) is 26.5. The average Bonchev–Trinajstić information content (AvgIpc) is 3.18. The number of aromatic nitrogens is 5. The number of carbonyl (C=O) groups excluding carboxylic acids is 1. The van der Waals surface area contributed by atoms with Crippen LogP contribution in [-0.2, 0) is 4.79 Å². The third kappa shape index (κ3) is 2.90. The molecule has 1 atom stereocenters. The Kier molecular flexibility index (Phi) is 3.79. The van der Waals surface area contributed by atoms with Gasteiger partial charge in [0, 0.05) is 44.7 Å². The van der Waals surface area contributed by atoms with E-state index in [1.165, 1.54) is 6.92 Å². The third-order valence-corrected chi connectivity index (χ3v) is 4.34. The molecule has 0 aromatic carbocycles. The van der Waals surface area contributed by atoms with Crippen LogP contribution in [0.15, 0.2) is 30.9 Å². The van der Waals surface area contributed by atoms with Crippen molar-refractivity contribution in [1.82, 2.24) is 24.7 Å². The summed E-state index contributed by atoms with van der Waals surface area (Å²) in [5.74, 6) is 2.50. The molecule has 3 aromatic rings. The largest absolute Gasteiger partial charge is 0.354 e. The van der Waals surface area contributed by atoms with E-state index in [0.717, 1.165) is 36.2 Å². The Labute approximate surface area is 144 Å². The number of nitrogens with zero attached hydrogens (tertiary/aromatic N) is 6. The minimum atomic E-state index is -0.161. The highest BCUT2D eigenvalue weighted by Gasteiger charge is 2.25. The van der Waals surface area contributed by atoms with Gasteiger partial charge >= 0.3 is 0 Å². The van der Waals surface area contributed by atoms with Gasteiger partial charge in [0.2, 0.25) is 5.91 Å². The van der Waals surface area contributed by atoms with Gasteiger partial charge in [-0.2, -0.15) is 0 Å². The molecule has 8 heteroatoms. The lowest BCUT2D eigenvalue weighted by Gasteiger charge is -2.14. The van der Waals surface area contributed by atoms with Crippen LogP contribution in [0.3, 0.4) is 0 Å². The van der Waals surface area contributed by atoms with Gasteiger partial charge in [-0.3, -0.25) is 9.78 Å². The van der Waals surface area contributed by atoms with E-state index in [0.29, 0.717) is 17.6 Å². The standard InChI is InChI=1S/C17H19N7O/c1-11-3-6-23(10-11)17-13-8-20-15(21-12(2)25)7-14(13)24(22-17)16-9-18-4-5-19-16/h4-5,7-9,11H,3,6,10H2,1-2H3,(H,20,21,25). The van der Waals surface area contributed by atoms with E-state index in [9.17, 15) is 4.79 Å². The summed E-state index contributed by atoms with van der Waals surface area (Å²) in [6, 6.07) is 1.82. The second kappa shape index (κ2) is 6.12. The fourth-order valence-electron chi connectivity index (χ4n) is 3.18. The molecule has 4 heterocycles. The lowest BCUT2D eigenvalue weighted by Crippen LogP contribution is -2.20. The molecule has 1 unspecified atom stereocenters. The molecular weight excluding hydrogens is 318 g/mol. The Hall–Kier alpha value is -3.03. The third-order valence-electron chi connectivity index (χ3n) is 4.34. The van der Waals surface area contributed by atoms with Crippen molar-refractivity contribution in [3.8, 4) is 5.82 Å². The van der Waals surface area contributed by atoms with Crippen LogP contribution in [0.2, 0.25) is 0 Å². The van der Waals surface area contributed by atoms with Crippen LogP contribution in [0.25, 0.3) is 16.7 Å². The van der Waals surface area contributed by atoms with E-state index in [-0.39, 0.29) is 5.91 Å². The van der Waals surface area contributed by atoms with Gasteiger partial charge in [-0.1, -0.05) is 6.92 Å². The van der Waals surface area contributed by atoms with Crippen LogP contribution < -0.4 is 10.2 Å². The fourth-order valence-corrected chi connectivity index (χ4v) is 3.18. The fraction of sp³-hybridized carbons (Fsp3) is 0.353. The van der Waals surface area contributed by atoms with Crippen LogP contribution in [0.5, 0.6) is 0 Å². The van der Waals surface area contributed by atoms with Crippen LogP contribution >= 0.6 is 0 Å². The Morgan fingerprint density at radius 3 is 2.84 bits per heavy atom. The van der Waals surface area contributed by atoms with Gasteiger partial charge in [0.25, 0.3) is 0 Å². The van der Waals surface area contributed by atoms with E-state index in [1.54, 1.807) is 29.5 Å². The first kappa shape index (κ1) is 15.5. The lowest BCUT2D eigenvalue weighted by atomic mass is 10.2. The van der Waals surface area contributed by atoms with E-state index in [1.807, 2.05) is 6.07 Å². The molecule has 1 amide bonds.